The minimum absolute atomic E-state index is 0.0267. The SMILES string of the molecule is CCOC(=O)c1oc(-c2ccc(F)cc2Cl)nc1C(C)C. The van der Waals surface area contributed by atoms with Gasteiger partial charge in [-0.05, 0) is 31.0 Å². The van der Waals surface area contributed by atoms with Crippen molar-refractivity contribution in [1.82, 2.24) is 4.98 Å². The van der Waals surface area contributed by atoms with Crippen molar-refractivity contribution in [2.75, 3.05) is 6.61 Å². The minimum Gasteiger partial charge on any atom is -0.460 e. The van der Waals surface area contributed by atoms with E-state index in [1.165, 1.54) is 18.2 Å². The van der Waals surface area contributed by atoms with Crippen molar-refractivity contribution in [3.05, 3.63) is 40.5 Å². The highest BCUT2D eigenvalue weighted by Gasteiger charge is 2.24. The number of halogens is 2. The predicted octanol–water partition coefficient (Wildman–Crippen LogP) is 4.43. The van der Waals surface area contributed by atoms with Crippen molar-refractivity contribution in [1.29, 1.82) is 0 Å². The Bertz CT molecular complexity index is 667. The van der Waals surface area contributed by atoms with Crippen LogP contribution < -0.4 is 0 Å². The van der Waals surface area contributed by atoms with E-state index in [9.17, 15) is 9.18 Å². The minimum atomic E-state index is -0.571. The van der Waals surface area contributed by atoms with Crippen LogP contribution in [0.25, 0.3) is 11.5 Å². The van der Waals surface area contributed by atoms with Gasteiger partial charge in [0.1, 0.15) is 5.82 Å². The van der Waals surface area contributed by atoms with Gasteiger partial charge >= 0.3 is 5.97 Å². The maximum absolute atomic E-state index is 13.1. The summed E-state index contributed by atoms with van der Waals surface area (Å²) in [5.74, 6) is -0.821. The molecule has 0 saturated heterocycles. The molecule has 0 fully saturated rings. The summed E-state index contributed by atoms with van der Waals surface area (Å²) in [4.78, 5) is 16.2. The molecule has 1 heterocycles. The molecule has 21 heavy (non-hydrogen) atoms. The zero-order valence-electron chi connectivity index (χ0n) is 11.9. The number of hydrogen-bond donors (Lipinski definition) is 0. The van der Waals surface area contributed by atoms with E-state index < -0.39 is 11.8 Å². The largest absolute Gasteiger partial charge is 0.460 e. The first-order valence-corrected chi connectivity index (χ1v) is 6.95. The molecule has 0 bridgehead atoms. The van der Waals surface area contributed by atoms with Crippen molar-refractivity contribution in [2.24, 2.45) is 0 Å². The second-order valence-corrected chi connectivity index (χ2v) is 5.14. The van der Waals surface area contributed by atoms with Gasteiger partial charge in [-0.25, -0.2) is 14.2 Å². The van der Waals surface area contributed by atoms with Gasteiger partial charge in [0.15, 0.2) is 0 Å². The fraction of sp³-hybridized carbons (Fsp3) is 0.333. The van der Waals surface area contributed by atoms with Crippen molar-refractivity contribution in [2.45, 2.75) is 26.7 Å². The van der Waals surface area contributed by atoms with Gasteiger partial charge in [-0.3, -0.25) is 0 Å². The van der Waals surface area contributed by atoms with Crippen LogP contribution in [-0.4, -0.2) is 17.6 Å². The van der Waals surface area contributed by atoms with Gasteiger partial charge in [-0.1, -0.05) is 25.4 Å². The van der Waals surface area contributed by atoms with Crippen LogP contribution in [0.1, 0.15) is 42.9 Å². The molecule has 0 aliphatic heterocycles. The molecule has 2 rings (SSSR count). The first-order valence-electron chi connectivity index (χ1n) is 6.57. The third kappa shape index (κ3) is 3.24. The second-order valence-electron chi connectivity index (χ2n) is 4.73. The summed E-state index contributed by atoms with van der Waals surface area (Å²) in [6.45, 7) is 5.72. The number of aromatic nitrogens is 1. The third-order valence-electron chi connectivity index (χ3n) is 2.82. The highest BCUT2D eigenvalue weighted by molar-refractivity contribution is 6.33. The Kier molecular flexibility index (Phi) is 4.63. The Morgan fingerprint density at radius 3 is 2.76 bits per heavy atom. The average Bonchev–Trinajstić information content (AvgIpc) is 2.84. The fourth-order valence-electron chi connectivity index (χ4n) is 1.84. The van der Waals surface area contributed by atoms with Gasteiger partial charge in [-0.2, -0.15) is 0 Å². The van der Waals surface area contributed by atoms with E-state index in [1.807, 2.05) is 13.8 Å². The fourth-order valence-corrected chi connectivity index (χ4v) is 2.09. The summed E-state index contributed by atoms with van der Waals surface area (Å²) in [5.41, 5.74) is 0.916. The van der Waals surface area contributed by atoms with E-state index in [0.29, 0.717) is 11.3 Å². The van der Waals surface area contributed by atoms with Crippen LogP contribution in [0.4, 0.5) is 4.39 Å². The molecule has 0 unspecified atom stereocenters. The second kappa shape index (κ2) is 6.26. The normalized spacial score (nSPS) is 11.0. The van der Waals surface area contributed by atoms with E-state index in [4.69, 9.17) is 20.8 Å². The molecular weight excluding hydrogens is 297 g/mol. The maximum atomic E-state index is 13.1. The summed E-state index contributed by atoms with van der Waals surface area (Å²) in [6.07, 6.45) is 0. The van der Waals surface area contributed by atoms with Crippen LogP contribution in [0.2, 0.25) is 5.02 Å². The number of oxazole rings is 1. The van der Waals surface area contributed by atoms with Crippen molar-refractivity contribution in [3.8, 4) is 11.5 Å². The monoisotopic (exact) mass is 311 g/mol. The van der Waals surface area contributed by atoms with Crippen LogP contribution in [-0.2, 0) is 4.74 Å². The first kappa shape index (κ1) is 15.5. The molecule has 112 valence electrons. The molecule has 0 N–H and O–H groups in total. The van der Waals surface area contributed by atoms with E-state index in [1.54, 1.807) is 6.92 Å². The lowest BCUT2D eigenvalue weighted by molar-refractivity contribution is 0.0488. The molecular formula is C15H15ClFNO3. The van der Waals surface area contributed by atoms with Gasteiger partial charge in [-0.15, -0.1) is 0 Å². The molecule has 0 radical (unpaired) electrons. The Hall–Kier alpha value is -1.88. The standard InChI is InChI=1S/C15H15ClFNO3/c1-4-20-15(19)13-12(8(2)3)18-14(21-13)10-6-5-9(17)7-11(10)16/h5-8H,4H2,1-3H3. The molecule has 1 aromatic carbocycles. The third-order valence-corrected chi connectivity index (χ3v) is 3.14. The highest BCUT2D eigenvalue weighted by atomic mass is 35.5. The van der Waals surface area contributed by atoms with E-state index in [0.717, 1.165) is 0 Å². The Labute approximate surface area is 126 Å². The molecule has 4 nitrogen and oxygen atoms in total. The lowest BCUT2D eigenvalue weighted by Gasteiger charge is -2.02. The van der Waals surface area contributed by atoms with Crippen LogP contribution in [0.15, 0.2) is 22.6 Å². The number of carbonyl (C=O) groups is 1. The smallest absolute Gasteiger partial charge is 0.376 e. The van der Waals surface area contributed by atoms with Crippen LogP contribution >= 0.6 is 11.6 Å². The Balaban J connectivity index is 2.51. The molecule has 0 spiro atoms. The number of carbonyl (C=O) groups excluding carboxylic acids is 1. The van der Waals surface area contributed by atoms with Crippen LogP contribution in [0.5, 0.6) is 0 Å². The molecule has 0 aliphatic rings. The van der Waals surface area contributed by atoms with Gasteiger partial charge < -0.3 is 9.15 Å². The Morgan fingerprint density at radius 2 is 2.19 bits per heavy atom. The molecule has 0 atom stereocenters. The molecule has 1 aromatic heterocycles. The van der Waals surface area contributed by atoms with Crippen LogP contribution in [0, 0.1) is 5.82 Å². The van der Waals surface area contributed by atoms with E-state index in [2.05, 4.69) is 4.98 Å². The van der Waals surface area contributed by atoms with Gasteiger partial charge in [0.05, 0.1) is 22.9 Å². The van der Waals surface area contributed by atoms with Gasteiger partial charge in [0.25, 0.3) is 0 Å². The zero-order valence-corrected chi connectivity index (χ0v) is 12.7. The number of hydrogen-bond acceptors (Lipinski definition) is 4. The number of esters is 1. The van der Waals surface area contributed by atoms with Gasteiger partial charge in [0.2, 0.25) is 11.7 Å². The maximum Gasteiger partial charge on any atom is 0.376 e. The van der Waals surface area contributed by atoms with Crippen molar-refractivity contribution in [3.63, 3.8) is 0 Å². The lowest BCUT2D eigenvalue weighted by Crippen LogP contribution is -2.07. The summed E-state index contributed by atoms with van der Waals surface area (Å²) in [6, 6.07) is 3.88. The molecule has 0 amide bonds. The quantitative estimate of drug-likeness (QED) is 0.784. The Morgan fingerprint density at radius 1 is 1.48 bits per heavy atom. The van der Waals surface area contributed by atoms with Crippen LogP contribution in [0.3, 0.4) is 0 Å². The average molecular weight is 312 g/mol. The predicted molar refractivity (Wildman–Crippen MR) is 77.0 cm³/mol. The van der Waals surface area contributed by atoms with Gasteiger partial charge in [0, 0.05) is 0 Å². The topological polar surface area (TPSA) is 52.3 Å². The zero-order chi connectivity index (χ0) is 15.6. The van der Waals surface area contributed by atoms with E-state index >= 15 is 0 Å². The summed E-state index contributed by atoms with van der Waals surface area (Å²) >= 11 is 5.99. The summed E-state index contributed by atoms with van der Waals surface area (Å²) in [5, 5.41) is 0.168. The molecule has 0 aliphatic carbocycles. The highest BCUT2D eigenvalue weighted by Crippen LogP contribution is 2.31. The molecule has 0 saturated carbocycles. The van der Waals surface area contributed by atoms with Crippen molar-refractivity contribution >= 4 is 17.6 Å². The number of nitrogens with zero attached hydrogens (tertiary/aromatic N) is 1. The number of ether oxygens (including phenoxy) is 1. The summed E-state index contributed by atoms with van der Waals surface area (Å²) < 4.78 is 23.6. The molecule has 6 heteroatoms. The summed E-state index contributed by atoms with van der Waals surface area (Å²) in [7, 11) is 0. The number of rotatable bonds is 4. The molecule has 2 aromatic rings. The number of benzene rings is 1. The lowest BCUT2D eigenvalue weighted by atomic mass is 10.1. The first-order chi connectivity index (χ1) is 9.93. The van der Waals surface area contributed by atoms with E-state index in [-0.39, 0.29) is 29.2 Å². The van der Waals surface area contributed by atoms with Crippen molar-refractivity contribution < 1.29 is 18.3 Å².